The Balaban J connectivity index is 1.58. The highest BCUT2D eigenvalue weighted by Crippen LogP contribution is 2.26. The molecule has 0 bridgehead atoms. The lowest BCUT2D eigenvalue weighted by molar-refractivity contribution is -0.384. The van der Waals surface area contributed by atoms with E-state index in [2.05, 4.69) is 10.6 Å². The quantitative estimate of drug-likeness (QED) is 0.609. The Bertz CT molecular complexity index is 773. The van der Waals surface area contributed by atoms with Gasteiger partial charge in [-0.1, -0.05) is 6.07 Å². The second-order valence-electron chi connectivity index (χ2n) is 5.86. The van der Waals surface area contributed by atoms with Crippen LogP contribution in [0, 0.1) is 10.1 Å². The first-order chi connectivity index (χ1) is 12.6. The summed E-state index contributed by atoms with van der Waals surface area (Å²) in [4.78, 5) is 22.3. The summed E-state index contributed by atoms with van der Waals surface area (Å²) in [7, 11) is 0. The normalized spacial score (nSPS) is 16.7. The molecule has 0 aliphatic carbocycles. The predicted molar refractivity (Wildman–Crippen MR) is 95.5 cm³/mol. The molecule has 1 aliphatic rings. The first-order valence-electron chi connectivity index (χ1n) is 8.23. The largest absolute Gasteiger partial charge is 0.457 e. The molecule has 0 spiro atoms. The molecule has 8 heteroatoms. The molecule has 136 valence electrons. The third-order valence-electron chi connectivity index (χ3n) is 3.83. The van der Waals surface area contributed by atoms with Crippen molar-refractivity contribution in [3.63, 3.8) is 0 Å². The number of anilines is 1. The lowest BCUT2D eigenvalue weighted by Gasteiger charge is -2.23. The SMILES string of the molecule is O=C(CC1COCCN1)Nc1cccc(Oc2ccc([N+](=O)[O-])cc2)c1. The first-order valence-corrected chi connectivity index (χ1v) is 8.23. The molecule has 1 saturated heterocycles. The number of nitrogens with zero attached hydrogens (tertiary/aromatic N) is 1. The highest BCUT2D eigenvalue weighted by Gasteiger charge is 2.17. The maximum absolute atomic E-state index is 12.1. The molecular formula is C18H19N3O5. The van der Waals surface area contributed by atoms with E-state index < -0.39 is 4.92 Å². The average molecular weight is 357 g/mol. The van der Waals surface area contributed by atoms with Gasteiger partial charge in [0.1, 0.15) is 11.5 Å². The number of hydrogen-bond acceptors (Lipinski definition) is 6. The Labute approximate surface area is 150 Å². The summed E-state index contributed by atoms with van der Waals surface area (Å²) < 4.78 is 11.0. The van der Waals surface area contributed by atoms with Gasteiger partial charge in [0, 0.05) is 42.9 Å². The summed E-state index contributed by atoms with van der Waals surface area (Å²) in [5.41, 5.74) is 0.616. The molecule has 1 heterocycles. The van der Waals surface area contributed by atoms with E-state index in [0.29, 0.717) is 36.8 Å². The molecule has 1 amide bonds. The molecule has 2 N–H and O–H groups in total. The van der Waals surface area contributed by atoms with Gasteiger partial charge in [0.2, 0.25) is 5.91 Å². The van der Waals surface area contributed by atoms with Gasteiger partial charge in [-0.3, -0.25) is 14.9 Å². The number of carbonyl (C=O) groups is 1. The standard InChI is InChI=1S/C18H19N3O5/c22-18(11-14-12-25-9-8-19-14)20-13-2-1-3-17(10-13)26-16-6-4-15(5-7-16)21(23)24/h1-7,10,14,19H,8-9,11-12H2,(H,20,22). The van der Waals surface area contributed by atoms with Crippen LogP contribution in [0.25, 0.3) is 0 Å². The topological polar surface area (TPSA) is 103 Å². The van der Waals surface area contributed by atoms with Crippen molar-refractivity contribution in [1.82, 2.24) is 5.32 Å². The second kappa shape index (κ2) is 8.41. The predicted octanol–water partition coefficient (Wildman–Crippen LogP) is 2.70. The highest BCUT2D eigenvalue weighted by atomic mass is 16.6. The third-order valence-corrected chi connectivity index (χ3v) is 3.83. The van der Waals surface area contributed by atoms with Crippen LogP contribution >= 0.6 is 0 Å². The second-order valence-corrected chi connectivity index (χ2v) is 5.86. The summed E-state index contributed by atoms with van der Waals surface area (Å²) in [6.07, 6.45) is 0.327. The number of non-ortho nitro benzene ring substituents is 1. The number of nitro benzene ring substituents is 1. The number of rotatable bonds is 6. The highest BCUT2D eigenvalue weighted by molar-refractivity contribution is 5.91. The van der Waals surface area contributed by atoms with Crippen LogP contribution in [0.3, 0.4) is 0 Å². The fourth-order valence-corrected chi connectivity index (χ4v) is 2.60. The van der Waals surface area contributed by atoms with Gasteiger partial charge >= 0.3 is 0 Å². The molecule has 1 aliphatic heterocycles. The minimum atomic E-state index is -0.466. The third kappa shape index (κ3) is 5.01. The van der Waals surface area contributed by atoms with Gasteiger partial charge in [0.15, 0.2) is 0 Å². The van der Waals surface area contributed by atoms with Gasteiger partial charge < -0.3 is 20.1 Å². The van der Waals surface area contributed by atoms with Gasteiger partial charge in [0.05, 0.1) is 18.1 Å². The van der Waals surface area contributed by atoms with E-state index in [1.54, 1.807) is 24.3 Å². The molecule has 1 unspecified atom stereocenters. The van der Waals surface area contributed by atoms with E-state index in [4.69, 9.17) is 9.47 Å². The summed E-state index contributed by atoms with van der Waals surface area (Å²) in [6.45, 7) is 1.94. The van der Waals surface area contributed by atoms with E-state index in [-0.39, 0.29) is 17.6 Å². The van der Waals surface area contributed by atoms with Crippen LogP contribution in [0.1, 0.15) is 6.42 Å². The number of nitrogens with one attached hydrogen (secondary N) is 2. The lowest BCUT2D eigenvalue weighted by atomic mass is 10.2. The zero-order chi connectivity index (χ0) is 18.4. The minimum Gasteiger partial charge on any atom is -0.457 e. The first kappa shape index (κ1) is 17.8. The number of carbonyl (C=O) groups excluding carboxylic acids is 1. The van der Waals surface area contributed by atoms with Crippen LogP contribution in [-0.4, -0.2) is 36.6 Å². The Morgan fingerprint density at radius 3 is 2.77 bits per heavy atom. The Hall–Kier alpha value is -2.97. The van der Waals surface area contributed by atoms with Crippen molar-refractivity contribution in [2.75, 3.05) is 25.1 Å². The van der Waals surface area contributed by atoms with E-state index in [1.807, 2.05) is 0 Å². The van der Waals surface area contributed by atoms with Crippen molar-refractivity contribution in [3.8, 4) is 11.5 Å². The van der Waals surface area contributed by atoms with Gasteiger partial charge in [-0.05, 0) is 24.3 Å². The molecule has 0 aromatic heterocycles. The van der Waals surface area contributed by atoms with E-state index >= 15 is 0 Å². The van der Waals surface area contributed by atoms with E-state index in [0.717, 1.165) is 6.54 Å². The molecular weight excluding hydrogens is 338 g/mol. The van der Waals surface area contributed by atoms with Gasteiger partial charge in [-0.2, -0.15) is 0 Å². The number of morpholine rings is 1. The van der Waals surface area contributed by atoms with Crippen molar-refractivity contribution < 1.29 is 19.2 Å². The van der Waals surface area contributed by atoms with Crippen LogP contribution in [0.5, 0.6) is 11.5 Å². The Morgan fingerprint density at radius 1 is 1.27 bits per heavy atom. The van der Waals surface area contributed by atoms with Crippen molar-refractivity contribution in [2.45, 2.75) is 12.5 Å². The Morgan fingerprint density at radius 2 is 2.08 bits per heavy atom. The van der Waals surface area contributed by atoms with Crippen molar-refractivity contribution in [1.29, 1.82) is 0 Å². The molecule has 0 radical (unpaired) electrons. The van der Waals surface area contributed by atoms with Crippen molar-refractivity contribution >= 4 is 17.3 Å². The van der Waals surface area contributed by atoms with E-state index in [9.17, 15) is 14.9 Å². The van der Waals surface area contributed by atoms with Crippen LogP contribution in [0.4, 0.5) is 11.4 Å². The average Bonchev–Trinajstić information content (AvgIpc) is 2.63. The zero-order valence-corrected chi connectivity index (χ0v) is 14.0. The molecule has 2 aromatic carbocycles. The number of benzene rings is 2. The number of amides is 1. The van der Waals surface area contributed by atoms with Gasteiger partial charge in [-0.25, -0.2) is 0 Å². The molecule has 1 atom stereocenters. The van der Waals surface area contributed by atoms with Crippen LogP contribution in [-0.2, 0) is 9.53 Å². The fourth-order valence-electron chi connectivity index (χ4n) is 2.60. The monoisotopic (exact) mass is 357 g/mol. The molecule has 8 nitrogen and oxygen atoms in total. The van der Waals surface area contributed by atoms with Crippen LogP contribution < -0.4 is 15.4 Å². The maximum atomic E-state index is 12.1. The molecule has 1 fully saturated rings. The summed E-state index contributed by atoms with van der Waals surface area (Å²) >= 11 is 0. The minimum absolute atomic E-state index is 0.00124. The number of nitro groups is 1. The molecule has 0 saturated carbocycles. The fraction of sp³-hybridized carbons (Fsp3) is 0.278. The van der Waals surface area contributed by atoms with Gasteiger partial charge in [0.25, 0.3) is 5.69 Å². The number of hydrogen-bond donors (Lipinski definition) is 2. The summed E-state index contributed by atoms with van der Waals surface area (Å²) in [6, 6.07) is 12.8. The van der Waals surface area contributed by atoms with E-state index in [1.165, 1.54) is 24.3 Å². The molecule has 3 rings (SSSR count). The van der Waals surface area contributed by atoms with Gasteiger partial charge in [-0.15, -0.1) is 0 Å². The number of ether oxygens (including phenoxy) is 2. The molecule has 2 aromatic rings. The Kier molecular flexibility index (Phi) is 5.77. The lowest BCUT2D eigenvalue weighted by Crippen LogP contribution is -2.43. The van der Waals surface area contributed by atoms with Crippen molar-refractivity contribution in [3.05, 3.63) is 58.6 Å². The zero-order valence-electron chi connectivity index (χ0n) is 14.0. The summed E-state index contributed by atoms with van der Waals surface area (Å²) in [5.74, 6) is 0.888. The smallest absolute Gasteiger partial charge is 0.269 e. The van der Waals surface area contributed by atoms with Crippen molar-refractivity contribution in [2.24, 2.45) is 0 Å². The molecule has 26 heavy (non-hydrogen) atoms. The van der Waals surface area contributed by atoms with Crippen LogP contribution in [0.15, 0.2) is 48.5 Å². The maximum Gasteiger partial charge on any atom is 0.269 e. The van der Waals surface area contributed by atoms with Crippen LogP contribution in [0.2, 0.25) is 0 Å². The summed E-state index contributed by atoms with van der Waals surface area (Å²) in [5, 5.41) is 16.7.